The van der Waals surface area contributed by atoms with Crippen LogP contribution in [0.2, 0.25) is 0 Å². The van der Waals surface area contributed by atoms with Crippen LogP contribution in [0.1, 0.15) is 0 Å². The molecule has 0 aliphatic heterocycles. The van der Waals surface area contributed by atoms with Gasteiger partial charge in [-0.25, -0.2) is 9.97 Å². The number of hydrogen-bond donors (Lipinski definition) is 0. The summed E-state index contributed by atoms with van der Waals surface area (Å²) in [4.78, 5) is 10.0. The van der Waals surface area contributed by atoms with Crippen molar-refractivity contribution in [1.82, 2.24) is 9.97 Å². The third-order valence-corrected chi connectivity index (χ3v) is 6.85. The predicted molar refractivity (Wildman–Crippen MR) is 151 cm³/mol. The fraction of sp³-hybridized carbons (Fsp3) is 0. The fourth-order valence-electron chi connectivity index (χ4n) is 5.06. The van der Waals surface area contributed by atoms with Crippen molar-refractivity contribution in [3.63, 3.8) is 0 Å². The lowest BCUT2D eigenvalue weighted by molar-refractivity contribution is 1.18. The second-order valence-corrected chi connectivity index (χ2v) is 9.08. The number of nitrogens with zero attached hydrogens (tertiary/aromatic N) is 2. The van der Waals surface area contributed by atoms with Crippen molar-refractivity contribution in [1.29, 1.82) is 0 Å². The molecule has 7 aromatic rings. The van der Waals surface area contributed by atoms with E-state index in [1.165, 1.54) is 32.3 Å². The molecule has 0 fully saturated rings. The van der Waals surface area contributed by atoms with Gasteiger partial charge in [-0.3, -0.25) is 0 Å². The molecule has 0 bridgehead atoms. The first-order valence-corrected chi connectivity index (χ1v) is 12.2. The Bertz CT molecular complexity index is 1820. The van der Waals surface area contributed by atoms with E-state index in [9.17, 15) is 0 Å². The summed E-state index contributed by atoms with van der Waals surface area (Å²) in [6, 6.07) is 46.8. The number of benzene rings is 6. The van der Waals surface area contributed by atoms with Crippen LogP contribution in [0.15, 0.2) is 133 Å². The number of fused-ring (bicyclic) bond motifs is 4. The number of aromatic nitrogens is 2. The van der Waals surface area contributed by atoms with Crippen LogP contribution in [0.4, 0.5) is 0 Å². The largest absolute Gasteiger partial charge is 0.228 e. The van der Waals surface area contributed by atoms with Crippen molar-refractivity contribution in [2.75, 3.05) is 0 Å². The maximum atomic E-state index is 5.07. The Labute approximate surface area is 209 Å². The Morgan fingerprint density at radius 3 is 1.81 bits per heavy atom. The highest BCUT2D eigenvalue weighted by atomic mass is 14.9. The van der Waals surface area contributed by atoms with Gasteiger partial charge in [-0.2, -0.15) is 0 Å². The molecule has 0 radical (unpaired) electrons. The lowest BCUT2D eigenvalue weighted by Crippen LogP contribution is -1.96. The first kappa shape index (κ1) is 20.5. The summed E-state index contributed by atoms with van der Waals surface area (Å²) in [5, 5.41) is 7.44. The lowest BCUT2D eigenvalue weighted by atomic mass is 9.94. The maximum absolute atomic E-state index is 5.07. The molecule has 0 amide bonds. The second kappa shape index (κ2) is 8.44. The van der Waals surface area contributed by atoms with Crippen LogP contribution in [0.5, 0.6) is 0 Å². The normalized spacial score (nSPS) is 11.3. The molecule has 0 spiro atoms. The first-order chi connectivity index (χ1) is 17.8. The topological polar surface area (TPSA) is 25.8 Å². The zero-order valence-corrected chi connectivity index (χ0v) is 19.6. The first-order valence-electron chi connectivity index (χ1n) is 12.2. The standard InChI is InChI=1S/C34H22N2/c1-3-10-23(11-4-1)32-22-33(36-34(35-32)24-12-5-2-6-13-24)30-17-9-16-28-29(30)19-18-27-20-25-14-7-8-15-26(25)21-31(27)28/h1-22H. The minimum absolute atomic E-state index is 0.732. The Morgan fingerprint density at radius 1 is 0.361 bits per heavy atom. The summed E-state index contributed by atoms with van der Waals surface area (Å²) < 4.78 is 0. The van der Waals surface area contributed by atoms with E-state index in [1.807, 2.05) is 36.4 Å². The molecule has 36 heavy (non-hydrogen) atoms. The molecule has 6 aromatic carbocycles. The van der Waals surface area contributed by atoms with Gasteiger partial charge in [0.1, 0.15) is 0 Å². The van der Waals surface area contributed by atoms with Gasteiger partial charge < -0.3 is 0 Å². The Hall–Kier alpha value is -4.82. The highest BCUT2D eigenvalue weighted by molar-refractivity contribution is 6.15. The van der Waals surface area contributed by atoms with E-state index in [-0.39, 0.29) is 0 Å². The van der Waals surface area contributed by atoms with Crippen molar-refractivity contribution in [2.24, 2.45) is 0 Å². The van der Waals surface area contributed by atoms with E-state index in [4.69, 9.17) is 9.97 Å². The van der Waals surface area contributed by atoms with Gasteiger partial charge in [-0.05, 0) is 50.5 Å². The van der Waals surface area contributed by atoms with Crippen LogP contribution in [-0.4, -0.2) is 9.97 Å². The molecule has 0 unspecified atom stereocenters. The molecule has 0 N–H and O–H groups in total. The summed E-state index contributed by atoms with van der Waals surface area (Å²) in [5.41, 5.74) is 5.04. The van der Waals surface area contributed by atoms with E-state index in [2.05, 4.69) is 97.1 Å². The lowest BCUT2D eigenvalue weighted by Gasteiger charge is -2.13. The smallest absolute Gasteiger partial charge is 0.160 e. The van der Waals surface area contributed by atoms with Gasteiger partial charge in [0.05, 0.1) is 11.4 Å². The van der Waals surface area contributed by atoms with E-state index < -0.39 is 0 Å². The van der Waals surface area contributed by atoms with Crippen molar-refractivity contribution in [2.45, 2.75) is 0 Å². The van der Waals surface area contributed by atoms with Crippen molar-refractivity contribution < 1.29 is 0 Å². The number of rotatable bonds is 3. The monoisotopic (exact) mass is 458 g/mol. The average Bonchev–Trinajstić information content (AvgIpc) is 2.96. The van der Waals surface area contributed by atoms with E-state index >= 15 is 0 Å². The minimum atomic E-state index is 0.732. The van der Waals surface area contributed by atoms with Crippen LogP contribution in [0.25, 0.3) is 66.2 Å². The molecular weight excluding hydrogens is 436 g/mol. The summed E-state index contributed by atoms with van der Waals surface area (Å²) in [6.45, 7) is 0. The molecule has 0 aliphatic carbocycles. The molecule has 0 saturated heterocycles. The third kappa shape index (κ3) is 3.52. The minimum Gasteiger partial charge on any atom is -0.228 e. The molecular formula is C34H22N2. The zero-order valence-electron chi connectivity index (χ0n) is 19.6. The number of hydrogen-bond acceptors (Lipinski definition) is 2. The van der Waals surface area contributed by atoms with Crippen LogP contribution in [0.3, 0.4) is 0 Å². The molecule has 0 saturated carbocycles. The molecule has 0 aliphatic rings. The van der Waals surface area contributed by atoms with Gasteiger partial charge in [-0.15, -0.1) is 0 Å². The molecule has 1 aromatic heterocycles. The van der Waals surface area contributed by atoms with E-state index in [0.717, 1.165) is 33.9 Å². The zero-order chi connectivity index (χ0) is 23.9. The Kier molecular flexibility index (Phi) is 4.82. The van der Waals surface area contributed by atoms with Gasteiger partial charge in [0, 0.05) is 16.7 Å². The molecule has 1 heterocycles. The van der Waals surface area contributed by atoms with Gasteiger partial charge in [-0.1, -0.05) is 115 Å². The summed E-state index contributed by atoms with van der Waals surface area (Å²) in [6.07, 6.45) is 0. The van der Waals surface area contributed by atoms with Crippen LogP contribution in [0, 0.1) is 0 Å². The van der Waals surface area contributed by atoms with Gasteiger partial charge >= 0.3 is 0 Å². The highest BCUT2D eigenvalue weighted by Crippen LogP contribution is 2.36. The van der Waals surface area contributed by atoms with Gasteiger partial charge in [0.2, 0.25) is 0 Å². The Balaban J connectivity index is 1.49. The molecule has 7 rings (SSSR count). The molecule has 168 valence electrons. The van der Waals surface area contributed by atoms with E-state index in [1.54, 1.807) is 0 Å². The Morgan fingerprint density at radius 2 is 1.03 bits per heavy atom. The predicted octanol–water partition coefficient (Wildman–Crippen LogP) is 8.94. The maximum Gasteiger partial charge on any atom is 0.160 e. The third-order valence-electron chi connectivity index (χ3n) is 6.85. The van der Waals surface area contributed by atoms with Crippen LogP contribution < -0.4 is 0 Å². The molecule has 2 heteroatoms. The molecule has 2 nitrogen and oxygen atoms in total. The van der Waals surface area contributed by atoms with Crippen LogP contribution in [-0.2, 0) is 0 Å². The highest BCUT2D eigenvalue weighted by Gasteiger charge is 2.13. The van der Waals surface area contributed by atoms with Gasteiger partial charge in [0.25, 0.3) is 0 Å². The van der Waals surface area contributed by atoms with E-state index in [0.29, 0.717) is 0 Å². The quantitative estimate of drug-likeness (QED) is 0.195. The van der Waals surface area contributed by atoms with Gasteiger partial charge in [0.15, 0.2) is 5.82 Å². The summed E-state index contributed by atoms with van der Waals surface area (Å²) >= 11 is 0. The summed E-state index contributed by atoms with van der Waals surface area (Å²) in [5.74, 6) is 0.732. The SMILES string of the molecule is c1ccc(-c2cc(-c3cccc4c3ccc3cc5ccccc5cc34)nc(-c3ccccc3)n2)cc1. The summed E-state index contributed by atoms with van der Waals surface area (Å²) in [7, 11) is 0. The van der Waals surface area contributed by atoms with Crippen molar-refractivity contribution in [3.05, 3.63) is 133 Å². The molecule has 0 atom stereocenters. The van der Waals surface area contributed by atoms with Crippen molar-refractivity contribution >= 4 is 32.3 Å². The second-order valence-electron chi connectivity index (χ2n) is 9.08. The van der Waals surface area contributed by atoms with Crippen molar-refractivity contribution in [3.8, 4) is 33.9 Å². The fourth-order valence-corrected chi connectivity index (χ4v) is 5.06. The van der Waals surface area contributed by atoms with Crippen LogP contribution >= 0.6 is 0 Å². The average molecular weight is 459 g/mol.